The van der Waals surface area contributed by atoms with Gasteiger partial charge in [0.2, 0.25) is 17.6 Å². The van der Waals surface area contributed by atoms with E-state index in [1.165, 1.54) is 26.5 Å². The maximum atomic E-state index is 13.7. The van der Waals surface area contributed by atoms with Crippen molar-refractivity contribution in [2.45, 2.75) is 77.5 Å². The smallest absolute Gasteiger partial charge is 0.407 e. The number of furan rings is 1. The molecular weight excluding hydrogens is 761 g/mol. The van der Waals surface area contributed by atoms with Gasteiger partial charge in [0.25, 0.3) is 0 Å². The number of nitrogens with one attached hydrogen (secondary N) is 4. The zero-order valence-corrected chi connectivity index (χ0v) is 33.8. The van der Waals surface area contributed by atoms with E-state index in [1.807, 2.05) is 27.7 Å². The summed E-state index contributed by atoms with van der Waals surface area (Å²) in [6, 6.07) is 9.26. The van der Waals surface area contributed by atoms with E-state index >= 15 is 0 Å². The average molecular weight is 809 g/mol. The van der Waals surface area contributed by atoms with Crippen LogP contribution in [0.2, 0.25) is 0 Å². The van der Waals surface area contributed by atoms with Crippen LogP contribution in [0.4, 0.5) is 9.59 Å². The number of likely N-dealkylation sites (tertiary alicyclic amines) is 2. The first kappa shape index (κ1) is 40.7. The second kappa shape index (κ2) is 16.8. The van der Waals surface area contributed by atoms with Gasteiger partial charge in [0.05, 0.1) is 53.9 Å². The van der Waals surface area contributed by atoms with Crippen molar-refractivity contribution >= 4 is 57.6 Å². The fourth-order valence-corrected chi connectivity index (χ4v) is 7.93. The van der Waals surface area contributed by atoms with Gasteiger partial charge in [0.15, 0.2) is 11.5 Å². The highest BCUT2D eigenvalue weighted by atomic mass is 16.5. The molecule has 17 nitrogen and oxygen atoms in total. The molecule has 4 amide bonds. The van der Waals surface area contributed by atoms with Crippen molar-refractivity contribution in [1.82, 2.24) is 40.4 Å². The summed E-state index contributed by atoms with van der Waals surface area (Å²) in [6.45, 7) is 8.43. The van der Waals surface area contributed by atoms with Gasteiger partial charge in [-0.3, -0.25) is 19.2 Å². The Kier molecular flexibility index (Phi) is 11.6. The number of nitrogens with zero attached hydrogens (tertiary/aromatic N) is 4. The summed E-state index contributed by atoms with van der Waals surface area (Å²) in [6.07, 6.45) is 2.78. The summed E-state index contributed by atoms with van der Waals surface area (Å²) in [7, 11) is 2.51. The molecule has 7 rings (SSSR count). The van der Waals surface area contributed by atoms with Crippen molar-refractivity contribution in [3.05, 3.63) is 82.8 Å². The van der Waals surface area contributed by atoms with Gasteiger partial charge >= 0.3 is 12.2 Å². The highest BCUT2D eigenvalue weighted by molar-refractivity contribution is 6.13. The monoisotopic (exact) mass is 808 g/mol. The summed E-state index contributed by atoms with van der Waals surface area (Å²) in [5.41, 5.74) is 3.28. The molecule has 2 aliphatic heterocycles. The lowest BCUT2D eigenvalue weighted by molar-refractivity contribution is -0.136. The van der Waals surface area contributed by atoms with E-state index in [2.05, 4.69) is 20.6 Å². The molecule has 0 saturated carbocycles. The summed E-state index contributed by atoms with van der Waals surface area (Å²) in [5, 5.41) is 5.30. The van der Waals surface area contributed by atoms with E-state index < -0.39 is 30.1 Å². The molecular formula is C42H48N8O9. The molecule has 0 aliphatic carbocycles. The number of benzene rings is 2. The molecule has 0 spiro atoms. The number of ether oxygens (including phenoxy) is 2. The number of imidazole rings is 2. The van der Waals surface area contributed by atoms with Crippen LogP contribution in [0.3, 0.4) is 0 Å². The minimum atomic E-state index is -0.766. The molecule has 4 atom stereocenters. The topological polar surface area (TPSA) is 222 Å². The molecule has 2 fully saturated rings. The second-order valence-corrected chi connectivity index (χ2v) is 15.7. The van der Waals surface area contributed by atoms with Gasteiger partial charge in [0.1, 0.15) is 30.0 Å². The average Bonchev–Trinajstić information content (AvgIpc) is 4.08. The summed E-state index contributed by atoms with van der Waals surface area (Å²) in [4.78, 5) is 98.0. The number of alkyl carbamates (subject to hydrolysis) is 2. The summed E-state index contributed by atoms with van der Waals surface area (Å²) in [5.74, 6) is -0.444. The maximum Gasteiger partial charge on any atom is 0.407 e. The number of rotatable bonds is 12. The van der Waals surface area contributed by atoms with Gasteiger partial charge in [-0.1, -0.05) is 27.7 Å². The van der Waals surface area contributed by atoms with E-state index in [1.54, 1.807) is 46.2 Å². The van der Waals surface area contributed by atoms with Crippen molar-refractivity contribution in [2.24, 2.45) is 11.8 Å². The van der Waals surface area contributed by atoms with Crippen LogP contribution >= 0.6 is 0 Å². The fraction of sp³-hybridized carbons (Fsp3) is 0.429. The molecule has 4 N–H and O–H groups in total. The van der Waals surface area contributed by atoms with Crippen molar-refractivity contribution in [3.8, 4) is 0 Å². The number of ketones is 2. The second-order valence-electron chi connectivity index (χ2n) is 15.7. The van der Waals surface area contributed by atoms with Crippen molar-refractivity contribution in [1.29, 1.82) is 0 Å². The maximum absolute atomic E-state index is 13.7. The Hall–Kier alpha value is -6.52. The number of carbonyl (C=O) groups is 6. The summed E-state index contributed by atoms with van der Waals surface area (Å²) < 4.78 is 15.1. The number of amides is 4. The first-order valence-corrected chi connectivity index (χ1v) is 19.7. The molecule has 310 valence electrons. The number of H-pyrrole nitrogens is 2. The Morgan fingerprint density at radius 1 is 0.678 bits per heavy atom. The molecule has 59 heavy (non-hydrogen) atoms. The van der Waals surface area contributed by atoms with Crippen LogP contribution in [0, 0.1) is 11.8 Å². The predicted molar refractivity (Wildman–Crippen MR) is 213 cm³/mol. The van der Waals surface area contributed by atoms with E-state index in [0.29, 0.717) is 70.8 Å². The standard InChI is InChI=1S/C42H48N8O9/c1-21(2)33(47-41(55)57-5)39(53)49-15-7-9-30(49)37-43-26-13-11-23(17-28(26)45-37)35(51)25-19-32(59-20-25)36(52)24-12-14-27-29(18-24)46-38(44-27)31-10-8-16-50(31)40(54)34(22(3)4)48-42(56)58-6/h11-14,17-22,30-31,33-34H,7-10,15-16H2,1-6H3,(H,43,45)(H,44,46)(H,47,55)(H,48,56). The highest BCUT2D eigenvalue weighted by Crippen LogP contribution is 2.35. The third-order valence-corrected chi connectivity index (χ3v) is 11.1. The number of aromatic nitrogens is 4. The first-order chi connectivity index (χ1) is 28.3. The number of carbonyl (C=O) groups excluding carboxylic acids is 6. The molecule has 5 aromatic rings. The third-order valence-electron chi connectivity index (χ3n) is 11.1. The highest BCUT2D eigenvalue weighted by Gasteiger charge is 2.39. The van der Waals surface area contributed by atoms with Crippen LogP contribution in [0.25, 0.3) is 22.1 Å². The quantitative estimate of drug-likeness (QED) is 0.114. The van der Waals surface area contributed by atoms with Crippen molar-refractivity contribution in [2.75, 3.05) is 27.3 Å². The Labute approximate surface area is 339 Å². The molecule has 0 radical (unpaired) electrons. The van der Waals surface area contributed by atoms with Gasteiger partial charge in [0, 0.05) is 24.2 Å². The predicted octanol–water partition coefficient (Wildman–Crippen LogP) is 5.58. The lowest BCUT2D eigenvalue weighted by Crippen LogP contribution is -2.51. The van der Waals surface area contributed by atoms with Gasteiger partial charge < -0.3 is 44.3 Å². The van der Waals surface area contributed by atoms with Crippen LogP contribution in [-0.2, 0) is 19.1 Å². The van der Waals surface area contributed by atoms with Gasteiger partial charge in [-0.05, 0) is 80.0 Å². The number of hydrogen-bond acceptors (Lipinski definition) is 11. The van der Waals surface area contributed by atoms with E-state index in [-0.39, 0.29) is 52.8 Å². The number of fused-ring (bicyclic) bond motifs is 2. The lowest BCUT2D eigenvalue weighted by atomic mass is 10.0. The molecule has 5 heterocycles. The summed E-state index contributed by atoms with van der Waals surface area (Å²) >= 11 is 0. The van der Waals surface area contributed by atoms with Crippen LogP contribution < -0.4 is 10.6 Å². The molecule has 2 aliphatic rings. The van der Waals surface area contributed by atoms with Gasteiger partial charge in [-0.25, -0.2) is 19.6 Å². The van der Waals surface area contributed by atoms with Crippen LogP contribution in [0.5, 0.6) is 0 Å². The number of hydrogen-bond donors (Lipinski definition) is 4. The molecule has 0 bridgehead atoms. The minimum Gasteiger partial charge on any atom is -0.460 e. The van der Waals surface area contributed by atoms with Crippen LogP contribution in [0.1, 0.15) is 109 Å². The zero-order chi connectivity index (χ0) is 42.1. The lowest BCUT2D eigenvalue weighted by Gasteiger charge is -2.29. The minimum absolute atomic E-state index is 0.0184. The van der Waals surface area contributed by atoms with E-state index in [4.69, 9.17) is 23.9 Å². The Bertz CT molecular complexity index is 2270. The molecule has 2 aromatic carbocycles. The van der Waals surface area contributed by atoms with Crippen molar-refractivity contribution < 1.29 is 42.7 Å². The van der Waals surface area contributed by atoms with E-state index in [9.17, 15) is 28.8 Å². The molecule has 4 unspecified atom stereocenters. The Morgan fingerprint density at radius 3 is 1.58 bits per heavy atom. The Balaban J connectivity index is 1.05. The number of aromatic amines is 2. The number of methoxy groups -OCH3 is 2. The largest absolute Gasteiger partial charge is 0.460 e. The first-order valence-electron chi connectivity index (χ1n) is 19.7. The SMILES string of the molecule is COC(=O)NC(C(=O)N1CCCC1c1nc2ccc(C(=O)c3coc(C(=O)c4ccc5nc(C6CCCN6C(=O)C(NC(=O)OC)C(C)C)[nH]c5c4)c3)cc2[nH]1)C(C)C. The van der Waals surface area contributed by atoms with Crippen LogP contribution in [-0.4, -0.2) is 105 Å². The normalized spacial score (nSPS) is 17.8. The van der Waals surface area contributed by atoms with E-state index in [0.717, 1.165) is 12.8 Å². The van der Waals surface area contributed by atoms with Gasteiger partial charge in [-0.15, -0.1) is 0 Å². The fourth-order valence-electron chi connectivity index (χ4n) is 7.93. The van der Waals surface area contributed by atoms with Crippen LogP contribution in [0.15, 0.2) is 53.1 Å². The molecule has 2 saturated heterocycles. The zero-order valence-electron chi connectivity index (χ0n) is 33.8. The Morgan fingerprint density at radius 2 is 1.14 bits per heavy atom. The molecule has 3 aromatic heterocycles. The van der Waals surface area contributed by atoms with Crippen molar-refractivity contribution in [3.63, 3.8) is 0 Å². The van der Waals surface area contributed by atoms with Gasteiger partial charge in [-0.2, -0.15) is 0 Å². The molecule has 17 heteroatoms. The third kappa shape index (κ3) is 8.13.